The van der Waals surface area contributed by atoms with Gasteiger partial charge in [-0.05, 0) is 19.3 Å². The number of carbonyl (C=O) groups excluding carboxylic acids is 4. The van der Waals surface area contributed by atoms with Crippen LogP contribution in [-0.4, -0.2) is 55.8 Å². The van der Waals surface area contributed by atoms with Crippen LogP contribution in [-0.2, 0) is 23.9 Å². The van der Waals surface area contributed by atoms with Gasteiger partial charge >= 0.3 is 0 Å². The van der Waals surface area contributed by atoms with Crippen LogP contribution < -0.4 is 0 Å². The molecule has 0 saturated carbocycles. The number of hydrogen-bond donors (Lipinski definition) is 0. The van der Waals surface area contributed by atoms with E-state index in [9.17, 15) is 19.2 Å². The van der Waals surface area contributed by atoms with Crippen molar-refractivity contribution in [2.75, 3.05) is 13.7 Å². The van der Waals surface area contributed by atoms with E-state index in [1.165, 1.54) is 31.4 Å². The van der Waals surface area contributed by atoms with Crippen molar-refractivity contribution >= 4 is 24.3 Å². The van der Waals surface area contributed by atoms with Crippen molar-refractivity contribution in [2.24, 2.45) is 25.4 Å². The van der Waals surface area contributed by atoms with E-state index in [-0.39, 0.29) is 13.0 Å². The topological polar surface area (TPSA) is 127 Å². The van der Waals surface area contributed by atoms with Crippen molar-refractivity contribution in [3.05, 3.63) is 0 Å². The fourth-order valence-corrected chi connectivity index (χ4v) is 3.10. The van der Waals surface area contributed by atoms with Gasteiger partial charge in [-0.1, -0.05) is 33.6 Å². The summed E-state index contributed by atoms with van der Waals surface area (Å²) in [5.41, 5.74) is -2.37. The fraction of sp³-hybridized carbons (Fsp3) is 0.778. The summed E-state index contributed by atoms with van der Waals surface area (Å²) in [5, 5.41) is 0. The first kappa shape index (κ1) is 24.5. The number of ether oxygens (including phenoxy) is 1. The van der Waals surface area contributed by atoms with Crippen molar-refractivity contribution in [1.29, 1.82) is 0 Å². The molecule has 0 spiro atoms. The van der Waals surface area contributed by atoms with Gasteiger partial charge in [-0.2, -0.15) is 9.98 Å². The molecule has 0 amide bonds. The van der Waals surface area contributed by atoms with Gasteiger partial charge in [-0.15, -0.1) is 0 Å². The average molecular weight is 378 g/mol. The average Bonchev–Trinajstić information content (AvgIpc) is 2.64. The van der Waals surface area contributed by atoms with Crippen LogP contribution in [0.15, 0.2) is 20.0 Å². The highest BCUT2D eigenvalue weighted by Crippen LogP contribution is 2.44. The molecule has 0 radical (unpaired) electrons. The molecule has 148 valence electrons. The van der Waals surface area contributed by atoms with Gasteiger partial charge in [-0.3, -0.25) is 0 Å². The van der Waals surface area contributed by atoms with E-state index >= 15 is 0 Å². The normalized spacial score (nSPS) is 15.0. The van der Waals surface area contributed by atoms with E-state index < -0.39 is 23.2 Å². The SMILES string of the molecule is CCCCCC(N=C=O)(N=C=O)C(C)(C)C(CC(CN=C=O)N=C=O)OC. The van der Waals surface area contributed by atoms with Crippen molar-refractivity contribution in [3.8, 4) is 0 Å². The zero-order valence-corrected chi connectivity index (χ0v) is 16.2. The second-order valence-corrected chi connectivity index (χ2v) is 6.67. The first-order chi connectivity index (χ1) is 12.9. The highest BCUT2D eigenvalue weighted by atomic mass is 16.5. The molecule has 0 N–H and O–H groups in total. The maximum atomic E-state index is 11.1. The monoisotopic (exact) mass is 378 g/mol. The second-order valence-electron chi connectivity index (χ2n) is 6.67. The van der Waals surface area contributed by atoms with Gasteiger partial charge in [0, 0.05) is 12.5 Å². The molecule has 0 aromatic carbocycles. The highest BCUT2D eigenvalue weighted by molar-refractivity contribution is 5.40. The molecule has 9 nitrogen and oxygen atoms in total. The Labute approximate surface area is 158 Å². The van der Waals surface area contributed by atoms with Crippen LogP contribution in [0.5, 0.6) is 0 Å². The van der Waals surface area contributed by atoms with Gasteiger partial charge in [0.15, 0.2) is 5.66 Å². The molecule has 9 heteroatoms. The van der Waals surface area contributed by atoms with Crippen molar-refractivity contribution < 1.29 is 23.9 Å². The standard InChI is InChI=1S/C18H26N4O5/c1-5-6-7-8-18(21-13-25,22-14-26)17(2,3)16(27-4)9-15(20-12-24)10-19-11-23/h15-16H,5-10H2,1-4H3. The Morgan fingerprint density at radius 3 is 2.04 bits per heavy atom. The van der Waals surface area contributed by atoms with Crippen LogP contribution in [0.2, 0.25) is 0 Å². The molecule has 0 aromatic rings. The molecule has 0 aliphatic carbocycles. The van der Waals surface area contributed by atoms with E-state index in [1.54, 1.807) is 13.8 Å². The molecule has 0 fully saturated rings. The summed E-state index contributed by atoms with van der Waals surface area (Å²) in [5.74, 6) is 0. The predicted molar refractivity (Wildman–Crippen MR) is 97.2 cm³/mol. The number of unbranched alkanes of at least 4 members (excludes halogenated alkanes) is 2. The first-order valence-corrected chi connectivity index (χ1v) is 8.70. The van der Waals surface area contributed by atoms with E-state index in [2.05, 4.69) is 20.0 Å². The number of rotatable bonds is 14. The van der Waals surface area contributed by atoms with Crippen molar-refractivity contribution in [2.45, 2.75) is 70.7 Å². The Hall–Kier alpha value is -2.52. The van der Waals surface area contributed by atoms with Crippen molar-refractivity contribution in [1.82, 2.24) is 0 Å². The fourth-order valence-electron chi connectivity index (χ4n) is 3.10. The lowest BCUT2D eigenvalue weighted by Gasteiger charge is -2.44. The molecule has 0 aliphatic heterocycles. The van der Waals surface area contributed by atoms with Gasteiger partial charge in [0.05, 0.1) is 18.7 Å². The number of isocyanates is 4. The summed E-state index contributed by atoms with van der Waals surface area (Å²) < 4.78 is 5.57. The third kappa shape index (κ3) is 6.95. The largest absolute Gasteiger partial charge is 0.381 e. The lowest BCUT2D eigenvalue weighted by molar-refractivity contribution is -0.0458. The zero-order chi connectivity index (χ0) is 20.8. The van der Waals surface area contributed by atoms with Crippen LogP contribution in [0.3, 0.4) is 0 Å². The van der Waals surface area contributed by atoms with Crippen LogP contribution in [0, 0.1) is 5.41 Å². The Bertz CT molecular complexity index is 635. The third-order valence-corrected chi connectivity index (χ3v) is 4.80. The molecule has 2 atom stereocenters. The molecule has 0 heterocycles. The molecule has 0 saturated heterocycles. The minimum Gasteiger partial charge on any atom is -0.381 e. The van der Waals surface area contributed by atoms with E-state index in [4.69, 9.17) is 4.74 Å². The van der Waals surface area contributed by atoms with Crippen molar-refractivity contribution in [3.63, 3.8) is 0 Å². The summed E-state index contributed by atoms with van der Waals surface area (Å²) in [7, 11) is 1.45. The Morgan fingerprint density at radius 2 is 1.59 bits per heavy atom. The van der Waals surface area contributed by atoms with E-state index in [0.717, 1.165) is 12.8 Å². The molecule has 0 aromatic heterocycles. The van der Waals surface area contributed by atoms with Gasteiger partial charge < -0.3 is 4.74 Å². The summed E-state index contributed by atoms with van der Waals surface area (Å²) in [6.45, 7) is 5.46. The maximum absolute atomic E-state index is 11.1. The third-order valence-electron chi connectivity index (χ3n) is 4.80. The number of hydrogen-bond acceptors (Lipinski definition) is 9. The molecular weight excluding hydrogens is 352 g/mol. The minimum atomic E-state index is -1.42. The molecular formula is C18H26N4O5. The van der Waals surface area contributed by atoms with E-state index in [1.807, 2.05) is 6.92 Å². The molecule has 0 bridgehead atoms. The Kier molecular flexibility index (Phi) is 11.6. The lowest BCUT2D eigenvalue weighted by atomic mass is 9.70. The predicted octanol–water partition coefficient (Wildman–Crippen LogP) is 2.41. The smallest absolute Gasteiger partial charge is 0.237 e. The first-order valence-electron chi connectivity index (χ1n) is 8.70. The quantitative estimate of drug-likeness (QED) is 0.260. The lowest BCUT2D eigenvalue weighted by Crippen LogP contribution is -2.51. The minimum absolute atomic E-state index is 0.0641. The Morgan fingerprint density at radius 1 is 0.963 bits per heavy atom. The summed E-state index contributed by atoms with van der Waals surface area (Å²) >= 11 is 0. The van der Waals surface area contributed by atoms with Gasteiger partial charge in [-0.25, -0.2) is 29.2 Å². The molecule has 0 rings (SSSR count). The number of aliphatic imine (C=N–C) groups is 4. The zero-order valence-electron chi connectivity index (χ0n) is 16.2. The number of nitrogens with zero attached hydrogens (tertiary/aromatic N) is 4. The molecule has 27 heavy (non-hydrogen) atoms. The molecule has 0 aliphatic rings. The van der Waals surface area contributed by atoms with Gasteiger partial charge in [0.25, 0.3) is 0 Å². The Balaban J connectivity index is 5.98. The van der Waals surface area contributed by atoms with Crippen LogP contribution in [0.1, 0.15) is 52.9 Å². The molecule has 2 unspecified atom stereocenters. The van der Waals surface area contributed by atoms with Gasteiger partial charge in [0.1, 0.15) is 0 Å². The summed E-state index contributed by atoms with van der Waals surface area (Å²) in [4.78, 5) is 58.0. The van der Waals surface area contributed by atoms with Gasteiger partial charge in [0.2, 0.25) is 24.3 Å². The number of methoxy groups -OCH3 is 1. The van der Waals surface area contributed by atoms with E-state index in [0.29, 0.717) is 12.8 Å². The highest BCUT2D eigenvalue weighted by Gasteiger charge is 2.51. The second kappa shape index (κ2) is 12.8. The van der Waals surface area contributed by atoms with Crippen LogP contribution in [0.4, 0.5) is 0 Å². The summed E-state index contributed by atoms with van der Waals surface area (Å²) in [6.07, 6.45) is 8.20. The maximum Gasteiger partial charge on any atom is 0.237 e. The summed E-state index contributed by atoms with van der Waals surface area (Å²) in [6, 6.07) is -0.679. The van der Waals surface area contributed by atoms with Crippen LogP contribution >= 0.6 is 0 Å². The van der Waals surface area contributed by atoms with Crippen LogP contribution in [0.25, 0.3) is 0 Å².